The first-order chi connectivity index (χ1) is 7.88. The Morgan fingerprint density at radius 3 is 3.12 bits per heavy atom. The Morgan fingerprint density at radius 1 is 1.44 bits per heavy atom. The zero-order valence-corrected chi connectivity index (χ0v) is 10.1. The second-order valence-corrected chi connectivity index (χ2v) is 4.53. The number of hydrogen-bond acceptors (Lipinski definition) is 3. The summed E-state index contributed by atoms with van der Waals surface area (Å²) in [5, 5.41) is 7.66. The molecule has 4 heteroatoms. The monoisotopic (exact) mass is 222 g/mol. The molecule has 1 aliphatic rings. The van der Waals surface area contributed by atoms with E-state index >= 15 is 0 Å². The van der Waals surface area contributed by atoms with Crippen molar-refractivity contribution in [1.82, 2.24) is 20.0 Å². The van der Waals surface area contributed by atoms with Crippen molar-refractivity contribution in [3.05, 3.63) is 18.5 Å². The highest BCUT2D eigenvalue weighted by Crippen LogP contribution is 2.14. The molecule has 2 rings (SSSR count). The molecule has 0 radical (unpaired) electrons. The highest BCUT2D eigenvalue weighted by molar-refractivity contribution is 4.80. The second-order valence-electron chi connectivity index (χ2n) is 4.53. The van der Waals surface area contributed by atoms with Crippen LogP contribution >= 0.6 is 0 Å². The summed E-state index contributed by atoms with van der Waals surface area (Å²) in [6.07, 6.45) is 5.22. The molecule has 1 unspecified atom stereocenters. The number of nitrogens with zero attached hydrogens (tertiary/aromatic N) is 3. The van der Waals surface area contributed by atoms with Crippen LogP contribution in [0, 0.1) is 5.92 Å². The lowest BCUT2D eigenvalue weighted by molar-refractivity contribution is 0.302. The highest BCUT2D eigenvalue weighted by Gasteiger charge is 2.21. The van der Waals surface area contributed by atoms with E-state index < -0.39 is 0 Å². The Kier molecular flexibility index (Phi) is 4.36. The molecule has 0 saturated carbocycles. The average Bonchev–Trinajstić information content (AvgIpc) is 2.95. The van der Waals surface area contributed by atoms with Crippen LogP contribution in [0.2, 0.25) is 0 Å². The smallest absolute Gasteiger partial charge is 0.0536 e. The SMILES string of the molecule is CCNCC1CCN(CCn2cccn2)C1. The molecule has 90 valence electrons. The third-order valence-electron chi connectivity index (χ3n) is 3.26. The Labute approximate surface area is 97.6 Å². The number of hydrogen-bond donors (Lipinski definition) is 1. The fraction of sp³-hybridized carbons (Fsp3) is 0.750. The van der Waals surface area contributed by atoms with Gasteiger partial charge in [0.2, 0.25) is 0 Å². The topological polar surface area (TPSA) is 33.1 Å². The molecule has 1 aromatic rings. The Balaban J connectivity index is 1.65. The van der Waals surface area contributed by atoms with E-state index in [9.17, 15) is 0 Å². The lowest BCUT2D eigenvalue weighted by atomic mass is 10.1. The maximum Gasteiger partial charge on any atom is 0.0536 e. The molecule has 0 spiro atoms. The zero-order chi connectivity index (χ0) is 11.2. The first kappa shape index (κ1) is 11.6. The van der Waals surface area contributed by atoms with E-state index in [0.29, 0.717) is 0 Å². The number of rotatable bonds is 6. The van der Waals surface area contributed by atoms with Crippen LogP contribution in [0.25, 0.3) is 0 Å². The number of nitrogens with one attached hydrogen (secondary N) is 1. The molecule has 1 fully saturated rings. The standard InChI is InChI=1S/C12H22N4/c1-2-13-10-12-4-7-15(11-12)8-9-16-6-3-5-14-16/h3,5-6,12-13H,2,4,7-11H2,1H3. The molecule has 1 saturated heterocycles. The van der Waals surface area contributed by atoms with Gasteiger partial charge in [0.1, 0.15) is 0 Å². The minimum absolute atomic E-state index is 0.845. The van der Waals surface area contributed by atoms with E-state index in [2.05, 4.69) is 22.2 Å². The summed E-state index contributed by atoms with van der Waals surface area (Å²) < 4.78 is 2.01. The number of aromatic nitrogens is 2. The van der Waals surface area contributed by atoms with Crippen molar-refractivity contribution in [2.24, 2.45) is 5.92 Å². The molecule has 0 bridgehead atoms. The third-order valence-corrected chi connectivity index (χ3v) is 3.26. The molecule has 0 amide bonds. The molecular formula is C12H22N4. The quantitative estimate of drug-likeness (QED) is 0.773. The average molecular weight is 222 g/mol. The normalized spacial score (nSPS) is 21.7. The summed E-state index contributed by atoms with van der Waals surface area (Å²) >= 11 is 0. The Morgan fingerprint density at radius 2 is 2.38 bits per heavy atom. The molecular weight excluding hydrogens is 200 g/mol. The van der Waals surface area contributed by atoms with E-state index in [0.717, 1.165) is 25.6 Å². The molecule has 16 heavy (non-hydrogen) atoms. The van der Waals surface area contributed by atoms with Crippen molar-refractivity contribution >= 4 is 0 Å². The molecule has 1 aromatic heterocycles. The van der Waals surface area contributed by atoms with Crippen LogP contribution in [-0.2, 0) is 6.54 Å². The first-order valence-corrected chi connectivity index (χ1v) is 6.29. The van der Waals surface area contributed by atoms with Crippen molar-refractivity contribution in [2.75, 3.05) is 32.7 Å². The van der Waals surface area contributed by atoms with Crippen molar-refractivity contribution in [2.45, 2.75) is 19.9 Å². The number of likely N-dealkylation sites (tertiary alicyclic amines) is 1. The predicted octanol–water partition coefficient (Wildman–Crippen LogP) is 0.814. The molecule has 4 nitrogen and oxygen atoms in total. The van der Waals surface area contributed by atoms with Crippen LogP contribution in [0.4, 0.5) is 0 Å². The van der Waals surface area contributed by atoms with Crippen molar-refractivity contribution in [1.29, 1.82) is 0 Å². The Hall–Kier alpha value is -0.870. The van der Waals surface area contributed by atoms with Gasteiger partial charge in [-0.1, -0.05) is 6.92 Å². The van der Waals surface area contributed by atoms with Gasteiger partial charge in [0, 0.05) is 25.5 Å². The lowest BCUT2D eigenvalue weighted by Crippen LogP contribution is -2.28. The molecule has 1 atom stereocenters. The van der Waals surface area contributed by atoms with Gasteiger partial charge in [-0.2, -0.15) is 5.10 Å². The van der Waals surface area contributed by atoms with Crippen LogP contribution in [0.5, 0.6) is 0 Å². The second kappa shape index (κ2) is 6.01. The molecule has 0 aromatic carbocycles. The van der Waals surface area contributed by atoms with Gasteiger partial charge in [-0.15, -0.1) is 0 Å². The summed E-state index contributed by atoms with van der Waals surface area (Å²) in [5.41, 5.74) is 0. The van der Waals surface area contributed by atoms with E-state index in [1.165, 1.54) is 26.1 Å². The van der Waals surface area contributed by atoms with Gasteiger partial charge in [-0.25, -0.2) is 0 Å². The van der Waals surface area contributed by atoms with Crippen LogP contribution < -0.4 is 5.32 Å². The summed E-state index contributed by atoms with van der Waals surface area (Å²) in [4.78, 5) is 2.55. The van der Waals surface area contributed by atoms with Crippen molar-refractivity contribution < 1.29 is 0 Å². The van der Waals surface area contributed by atoms with Gasteiger partial charge in [0.05, 0.1) is 6.54 Å². The van der Waals surface area contributed by atoms with Crippen LogP contribution in [0.15, 0.2) is 18.5 Å². The highest BCUT2D eigenvalue weighted by atomic mass is 15.3. The van der Waals surface area contributed by atoms with Gasteiger partial charge in [0.15, 0.2) is 0 Å². The molecule has 1 aliphatic heterocycles. The van der Waals surface area contributed by atoms with E-state index in [1.807, 2.05) is 23.1 Å². The van der Waals surface area contributed by atoms with Gasteiger partial charge in [-0.3, -0.25) is 4.68 Å². The maximum atomic E-state index is 4.22. The zero-order valence-electron chi connectivity index (χ0n) is 10.1. The van der Waals surface area contributed by atoms with E-state index in [-0.39, 0.29) is 0 Å². The van der Waals surface area contributed by atoms with Crippen LogP contribution in [0.1, 0.15) is 13.3 Å². The fourth-order valence-electron chi connectivity index (χ4n) is 2.31. The van der Waals surface area contributed by atoms with Gasteiger partial charge >= 0.3 is 0 Å². The van der Waals surface area contributed by atoms with Gasteiger partial charge < -0.3 is 10.2 Å². The summed E-state index contributed by atoms with van der Waals surface area (Å²) in [5.74, 6) is 0.845. The van der Waals surface area contributed by atoms with E-state index in [1.54, 1.807) is 0 Å². The molecule has 1 N–H and O–H groups in total. The Bertz CT molecular complexity index is 283. The van der Waals surface area contributed by atoms with Crippen molar-refractivity contribution in [3.8, 4) is 0 Å². The summed E-state index contributed by atoms with van der Waals surface area (Å²) in [6, 6.07) is 1.98. The largest absolute Gasteiger partial charge is 0.317 e. The maximum absolute atomic E-state index is 4.22. The van der Waals surface area contributed by atoms with Gasteiger partial charge in [-0.05, 0) is 38.0 Å². The van der Waals surface area contributed by atoms with E-state index in [4.69, 9.17) is 0 Å². The fourth-order valence-corrected chi connectivity index (χ4v) is 2.31. The predicted molar refractivity (Wildman–Crippen MR) is 65.3 cm³/mol. The lowest BCUT2D eigenvalue weighted by Gasteiger charge is -2.16. The first-order valence-electron chi connectivity index (χ1n) is 6.29. The van der Waals surface area contributed by atoms with Crippen LogP contribution in [-0.4, -0.2) is 47.4 Å². The molecule has 0 aliphatic carbocycles. The van der Waals surface area contributed by atoms with Gasteiger partial charge in [0.25, 0.3) is 0 Å². The third kappa shape index (κ3) is 3.32. The minimum atomic E-state index is 0.845. The van der Waals surface area contributed by atoms with Crippen molar-refractivity contribution in [3.63, 3.8) is 0 Å². The molecule has 2 heterocycles. The van der Waals surface area contributed by atoms with Crippen LogP contribution in [0.3, 0.4) is 0 Å². The minimum Gasteiger partial charge on any atom is -0.317 e. The summed E-state index contributed by atoms with van der Waals surface area (Å²) in [6.45, 7) is 9.07. The summed E-state index contributed by atoms with van der Waals surface area (Å²) in [7, 11) is 0.